The van der Waals surface area contributed by atoms with Crippen molar-refractivity contribution in [3.63, 3.8) is 0 Å². The lowest BCUT2D eigenvalue weighted by atomic mass is 10.2. The molecule has 0 spiro atoms. The summed E-state index contributed by atoms with van der Waals surface area (Å²) in [6, 6.07) is 0.00397. The van der Waals surface area contributed by atoms with Crippen molar-refractivity contribution in [2.24, 2.45) is 5.73 Å². The van der Waals surface area contributed by atoms with Gasteiger partial charge >= 0.3 is 0 Å². The number of rotatable bonds is 2. The van der Waals surface area contributed by atoms with E-state index in [-0.39, 0.29) is 11.3 Å². The summed E-state index contributed by atoms with van der Waals surface area (Å²) in [4.78, 5) is 0. The summed E-state index contributed by atoms with van der Waals surface area (Å²) < 4.78 is 31.0. The van der Waals surface area contributed by atoms with Gasteiger partial charge in [0.05, 0.1) is 11.9 Å². The molecule has 0 aromatic carbocycles. The van der Waals surface area contributed by atoms with Crippen LogP contribution in [0, 0.1) is 0 Å². The van der Waals surface area contributed by atoms with E-state index in [1.807, 2.05) is 0 Å². The Balaban J connectivity index is 2.05. The lowest BCUT2D eigenvalue weighted by Crippen LogP contribution is -2.42. The number of sulfonamides is 1. The summed E-state index contributed by atoms with van der Waals surface area (Å²) in [5, 5.41) is -0.350. The minimum absolute atomic E-state index is 0.00397. The molecule has 0 aliphatic carbocycles. The van der Waals surface area contributed by atoms with Gasteiger partial charge in [0.1, 0.15) is 0 Å². The number of ether oxygens (including phenoxy) is 1. The molecule has 88 valence electrons. The fourth-order valence-electron chi connectivity index (χ4n) is 2.14. The van der Waals surface area contributed by atoms with E-state index < -0.39 is 10.0 Å². The monoisotopic (exact) mass is 234 g/mol. The average Bonchev–Trinajstić information content (AvgIpc) is 2.67. The number of nitrogens with two attached hydrogens (primary N) is 1. The Kier molecular flexibility index (Phi) is 3.30. The fourth-order valence-corrected chi connectivity index (χ4v) is 4.06. The minimum Gasteiger partial charge on any atom is -0.380 e. The third-order valence-corrected chi connectivity index (χ3v) is 5.35. The topological polar surface area (TPSA) is 72.6 Å². The summed E-state index contributed by atoms with van der Waals surface area (Å²) in [5.74, 6) is 0. The molecule has 2 N–H and O–H groups in total. The molecule has 2 heterocycles. The highest BCUT2D eigenvalue weighted by Crippen LogP contribution is 2.21. The van der Waals surface area contributed by atoms with Crippen LogP contribution in [0.25, 0.3) is 0 Å². The summed E-state index contributed by atoms with van der Waals surface area (Å²) in [5.41, 5.74) is 5.71. The molecule has 0 aromatic heterocycles. The summed E-state index contributed by atoms with van der Waals surface area (Å²) >= 11 is 0. The predicted octanol–water partition coefficient (Wildman–Crippen LogP) is -0.472. The van der Waals surface area contributed by atoms with Gasteiger partial charge in [0.15, 0.2) is 0 Å². The zero-order chi connectivity index (χ0) is 10.9. The Hall–Kier alpha value is -0.170. The maximum atomic E-state index is 12.1. The molecule has 0 saturated carbocycles. The van der Waals surface area contributed by atoms with Crippen molar-refractivity contribution in [2.75, 3.05) is 26.3 Å². The molecule has 2 rings (SSSR count). The van der Waals surface area contributed by atoms with E-state index in [2.05, 4.69) is 0 Å². The SMILES string of the molecule is N[C@@H]1CCN(S(=O)(=O)[C@@H]2CCCOC2)C1. The van der Waals surface area contributed by atoms with Gasteiger partial charge in [0.25, 0.3) is 0 Å². The summed E-state index contributed by atoms with van der Waals surface area (Å²) in [6.07, 6.45) is 2.32. The first-order chi connectivity index (χ1) is 7.10. The van der Waals surface area contributed by atoms with Gasteiger partial charge in [-0.3, -0.25) is 0 Å². The van der Waals surface area contributed by atoms with Crippen LogP contribution in [0.2, 0.25) is 0 Å². The van der Waals surface area contributed by atoms with E-state index in [0.29, 0.717) is 32.7 Å². The normalized spacial score (nSPS) is 34.5. The third kappa shape index (κ3) is 2.33. The zero-order valence-corrected chi connectivity index (χ0v) is 9.58. The zero-order valence-electron chi connectivity index (χ0n) is 8.76. The standard InChI is InChI=1S/C9H18N2O3S/c10-8-3-4-11(6-8)15(12,13)9-2-1-5-14-7-9/h8-9H,1-7,10H2/t8-,9-/m1/s1. The first kappa shape index (κ1) is 11.3. The van der Waals surface area contributed by atoms with Crippen molar-refractivity contribution >= 4 is 10.0 Å². The van der Waals surface area contributed by atoms with Crippen LogP contribution in [0.15, 0.2) is 0 Å². The van der Waals surface area contributed by atoms with Crippen LogP contribution in [-0.4, -0.2) is 50.3 Å². The van der Waals surface area contributed by atoms with Crippen molar-refractivity contribution in [2.45, 2.75) is 30.6 Å². The average molecular weight is 234 g/mol. The first-order valence-electron chi connectivity index (χ1n) is 5.43. The van der Waals surface area contributed by atoms with Gasteiger partial charge in [-0.15, -0.1) is 0 Å². The Bertz CT molecular complexity index is 301. The molecule has 0 unspecified atom stereocenters. The smallest absolute Gasteiger partial charge is 0.219 e. The van der Waals surface area contributed by atoms with Gasteiger partial charge in [-0.05, 0) is 19.3 Å². The Labute approximate surface area is 90.6 Å². The van der Waals surface area contributed by atoms with Crippen molar-refractivity contribution in [3.05, 3.63) is 0 Å². The molecule has 0 bridgehead atoms. The van der Waals surface area contributed by atoms with E-state index in [9.17, 15) is 8.42 Å². The van der Waals surface area contributed by atoms with Gasteiger partial charge < -0.3 is 10.5 Å². The maximum Gasteiger partial charge on any atom is 0.219 e. The Morgan fingerprint density at radius 2 is 2.13 bits per heavy atom. The van der Waals surface area contributed by atoms with E-state index in [1.165, 1.54) is 4.31 Å². The van der Waals surface area contributed by atoms with Crippen LogP contribution < -0.4 is 5.73 Å². The van der Waals surface area contributed by atoms with E-state index in [0.717, 1.165) is 12.8 Å². The highest BCUT2D eigenvalue weighted by molar-refractivity contribution is 7.89. The van der Waals surface area contributed by atoms with Crippen LogP contribution in [-0.2, 0) is 14.8 Å². The largest absolute Gasteiger partial charge is 0.380 e. The molecule has 15 heavy (non-hydrogen) atoms. The molecule has 0 aromatic rings. The molecule has 2 aliphatic heterocycles. The molecule has 0 radical (unpaired) electrons. The molecule has 2 fully saturated rings. The lowest BCUT2D eigenvalue weighted by Gasteiger charge is -2.26. The predicted molar refractivity (Wildman–Crippen MR) is 56.9 cm³/mol. The van der Waals surface area contributed by atoms with Crippen molar-refractivity contribution in [1.29, 1.82) is 0 Å². The molecule has 5 nitrogen and oxygen atoms in total. The van der Waals surface area contributed by atoms with Crippen molar-refractivity contribution in [3.8, 4) is 0 Å². The third-order valence-electron chi connectivity index (χ3n) is 3.09. The minimum atomic E-state index is -3.17. The van der Waals surface area contributed by atoms with Crippen LogP contribution in [0.4, 0.5) is 0 Å². The molecule has 2 saturated heterocycles. The van der Waals surface area contributed by atoms with E-state index in [4.69, 9.17) is 10.5 Å². The molecule has 0 amide bonds. The Morgan fingerprint density at radius 1 is 1.33 bits per heavy atom. The summed E-state index contributed by atoms with van der Waals surface area (Å²) in [6.45, 7) is 2.07. The number of hydrogen-bond acceptors (Lipinski definition) is 4. The van der Waals surface area contributed by atoms with Gasteiger partial charge in [-0.1, -0.05) is 0 Å². The molecule has 2 atom stereocenters. The van der Waals surface area contributed by atoms with Gasteiger partial charge in [0.2, 0.25) is 10.0 Å². The van der Waals surface area contributed by atoms with E-state index >= 15 is 0 Å². The Morgan fingerprint density at radius 3 is 2.67 bits per heavy atom. The quantitative estimate of drug-likeness (QED) is 0.701. The van der Waals surface area contributed by atoms with Crippen LogP contribution >= 0.6 is 0 Å². The second kappa shape index (κ2) is 4.37. The number of hydrogen-bond donors (Lipinski definition) is 1. The maximum absolute atomic E-state index is 12.1. The van der Waals surface area contributed by atoms with Crippen molar-refractivity contribution < 1.29 is 13.2 Å². The molecule has 6 heteroatoms. The van der Waals surface area contributed by atoms with Crippen LogP contribution in [0.1, 0.15) is 19.3 Å². The first-order valence-corrected chi connectivity index (χ1v) is 6.93. The molecular weight excluding hydrogens is 216 g/mol. The second-order valence-corrected chi connectivity index (χ2v) is 6.50. The summed E-state index contributed by atoms with van der Waals surface area (Å²) in [7, 11) is -3.17. The van der Waals surface area contributed by atoms with Gasteiger partial charge in [0, 0.05) is 25.7 Å². The molecule has 2 aliphatic rings. The van der Waals surface area contributed by atoms with Crippen molar-refractivity contribution in [1.82, 2.24) is 4.31 Å². The second-order valence-electron chi connectivity index (χ2n) is 4.29. The highest BCUT2D eigenvalue weighted by Gasteiger charge is 2.36. The van der Waals surface area contributed by atoms with Gasteiger partial charge in [-0.25, -0.2) is 8.42 Å². The van der Waals surface area contributed by atoms with Crippen LogP contribution in [0.3, 0.4) is 0 Å². The molecular formula is C9H18N2O3S. The fraction of sp³-hybridized carbons (Fsp3) is 1.00. The highest BCUT2D eigenvalue weighted by atomic mass is 32.2. The lowest BCUT2D eigenvalue weighted by molar-refractivity contribution is 0.0977. The van der Waals surface area contributed by atoms with Gasteiger partial charge in [-0.2, -0.15) is 4.31 Å². The van der Waals surface area contributed by atoms with Crippen LogP contribution in [0.5, 0.6) is 0 Å². The van der Waals surface area contributed by atoms with E-state index in [1.54, 1.807) is 0 Å². The number of nitrogens with zero attached hydrogens (tertiary/aromatic N) is 1.